The number of H-pyrrole nitrogens is 1. The van der Waals surface area contributed by atoms with Gasteiger partial charge in [-0.2, -0.15) is 5.26 Å². The summed E-state index contributed by atoms with van der Waals surface area (Å²) in [5.41, 5.74) is 17.7. The van der Waals surface area contributed by atoms with Gasteiger partial charge in [-0.05, 0) is 71.8 Å². The number of aromatic nitrogens is 7. The van der Waals surface area contributed by atoms with Crippen molar-refractivity contribution in [2.45, 2.75) is 0 Å². The molecule has 0 bridgehead atoms. The largest absolute Gasteiger partial charge is 0.457 e. The monoisotopic (exact) mass is 706 g/mol. The van der Waals surface area contributed by atoms with Crippen LogP contribution in [0.25, 0.3) is 50.1 Å². The molecule has 9 aromatic rings. The predicted molar refractivity (Wildman–Crippen MR) is 208 cm³/mol. The Hall–Kier alpha value is -8.04. The lowest BCUT2D eigenvalue weighted by Gasteiger charge is -2.06. The first-order valence-corrected chi connectivity index (χ1v) is 16.8. The van der Waals surface area contributed by atoms with E-state index in [-0.39, 0.29) is 0 Å². The second-order valence-corrected chi connectivity index (χ2v) is 11.9. The fourth-order valence-electron chi connectivity index (χ4n) is 6.01. The van der Waals surface area contributed by atoms with Crippen molar-refractivity contribution in [1.29, 1.82) is 5.26 Å². The first-order chi connectivity index (χ1) is 26.6. The van der Waals surface area contributed by atoms with E-state index in [1.165, 1.54) is 12.7 Å². The van der Waals surface area contributed by atoms with Crippen LogP contribution in [-0.4, -0.2) is 34.5 Å². The van der Waals surface area contributed by atoms with E-state index < -0.39 is 0 Å². The zero-order chi connectivity index (χ0) is 36.9. The third-order valence-corrected chi connectivity index (χ3v) is 8.54. The number of rotatable bonds is 7. The molecule has 0 atom stereocenters. The van der Waals surface area contributed by atoms with E-state index in [4.69, 9.17) is 20.9 Å². The van der Waals surface area contributed by atoms with Crippen molar-refractivity contribution < 1.29 is 9.47 Å². The number of nitrogens with one attached hydrogen (secondary N) is 1. The number of anilines is 2. The van der Waals surface area contributed by atoms with Crippen LogP contribution in [-0.2, 0) is 0 Å². The fraction of sp³-hybridized carbons (Fsp3) is 0. The van der Waals surface area contributed by atoms with E-state index in [0.29, 0.717) is 34.1 Å². The highest BCUT2D eigenvalue weighted by atomic mass is 16.5. The van der Waals surface area contributed by atoms with E-state index in [1.807, 2.05) is 122 Å². The Labute approximate surface area is 309 Å². The predicted octanol–water partition coefficient (Wildman–Crippen LogP) is 8.73. The number of nitrogens with two attached hydrogens (primary N) is 2. The summed E-state index contributed by atoms with van der Waals surface area (Å²) < 4.78 is 13.5. The molecular weight excluding hydrogens is 677 g/mol. The minimum Gasteiger partial charge on any atom is -0.457 e. The maximum atomic E-state index is 9.51. The maximum Gasteiger partial charge on any atom is 0.156 e. The minimum atomic E-state index is 0.359. The summed E-state index contributed by atoms with van der Waals surface area (Å²) >= 11 is 0. The van der Waals surface area contributed by atoms with Gasteiger partial charge in [0.2, 0.25) is 0 Å². The number of nitrogens with zero attached hydrogens (tertiary/aromatic N) is 7. The first kappa shape index (κ1) is 33.1. The van der Waals surface area contributed by atoms with Gasteiger partial charge in [0, 0.05) is 29.7 Å². The number of nitrogen functional groups attached to an aromatic ring is 2. The summed E-state index contributed by atoms with van der Waals surface area (Å²) in [6.07, 6.45) is 8.27. The number of pyridine rings is 1. The molecule has 0 radical (unpaired) electrons. The van der Waals surface area contributed by atoms with Gasteiger partial charge in [-0.25, -0.2) is 24.9 Å². The van der Waals surface area contributed by atoms with Gasteiger partial charge in [-0.15, -0.1) is 0 Å². The van der Waals surface area contributed by atoms with Crippen LogP contribution < -0.4 is 20.9 Å². The normalized spacial score (nSPS) is 10.7. The van der Waals surface area contributed by atoms with Gasteiger partial charge in [0.05, 0.1) is 16.3 Å². The lowest BCUT2D eigenvalue weighted by Crippen LogP contribution is -2.01. The SMILES string of the molecule is N#Cc1cccnc1-n1cc(-c2ccc(Oc3ccccc3)cc2)c2c(N)ncnc21.Nc1ncnc2[nH]cc(-c3ccc(Oc4ccccc4)cc3)c12. The molecule has 0 aliphatic heterocycles. The molecule has 12 nitrogen and oxygen atoms in total. The summed E-state index contributed by atoms with van der Waals surface area (Å²) in [6.45, 7) is 0. The van der Waals surface area contributed by atoms with Crippen molar-refractivity contribution in [3.8, 4) is 57.1 Å². The smallest absolute Gasteiger partial charge is 0.156 e. The van der Waals surface area contributed by atoms with Crippen molar-refractivity contribution in [3.05, 3.63) is 158 Å². The molecule has 5 N–H and O–H groups in total. The molecule has 0 saturated carbocycles. The van der Waals surface area contributed by atoms with Crippen molar-refractivity contribution in [3.63, 3.8) is 0 Å². The second kappa shape index (κ2) is 14.7. The van der Waals surface area contributed by atoms with Gasteiger partial charge in [0.15, 0.2) is 11.5 Å². The molecule has 0 aliphatic rings. The molecule has 0 spiro atoms. The third kappa shape index (κ3) is 6.71. The number of nitriles is 1. The van der Waals surface area contributed by atoms with Crippen LogP contribution in [0.3, 0.4) is 0 Å². The zero-order valence-corrected chi connectivity index (χ0v) is 28.5. The van der Waals surface area contributed by atoms with Gasteiger partial charge in [-0.1, -0.05) is 60.7 Å². The van der Waals surface area contributed by atoms with Crippen LogP contribution in [0, 0.1) is 11.3 Å². The number of fused-ring (bicyclic) bond motifs is 2. The summed E-state index contributed by atoms with van der Waals surface area (Å²) in [6, 6.07) is 40.5. The summed E-state index contributed by atoms with van der Waals surface area (Å²) in [4.78, 5) is 24.3. The Balaban J connectivity index is 0.000000160. The topological polar surface area (TPSA) is 179 Å². The molecule has 54 heavy (non-hydrogen) atoms. The number of benzene rings is 4. The Bertz CT molecular complexity index is 2740. The third-order valence-electron chi connectivity index (χ3n) is 8.54. The fourth-order valence-corrected chi connectivity index (χ4v) is 6.01. The Morgan fingerprint density at radius 1 is 0.574 bits per heavy atom. The zero-order valence-electron chi connectivity index (χ0n) is 28.5. The second-order valence-electron chi connectivity index (χ2n) is 11.9. The minimum absolute atomic E-state index is 0.359. The standard InChI is InChI=1S/C24H16N6O.C18H14N4O/c25-13-17-5-4-12-27-23(17)30-14-20(21-22(26)28-15-29-24(21)30)16-8-10-19(11-9-16)31-18-6-2-1-3-7-18;19-17-16-15(10-20-18(16)22-11-21-17)12-6-8-14(9-7-12)23-13-4-2-1-3-5-13/h1-12,14-15H,(H2,26,28,29);1-11H,(H3,19,20,21,22). The van der Waals surface area contributed by atoms with Gasteiger partial charge >= 0.3 is 0 Å². The maximum absolute atomic E-state index is 9.51. The molecule has 5 heterocycles. The molecule has 4 aromatic carbocycles. The summed E-state index contributed by atoms with van der Waals surface area (Å²) in [5, 5.41) is 11.0. The van der Waals surface area contributed by atoms with Gasteiger partial charge in [0.1, 0.15) is 59.0 Å². The van der Waals surface area contributed by atoms with Gasteiger partial charge in [-0.3, -0.25) is 4.57 Å². The molecular formula is C42H30N10O2. The van der Waals surface area contributed by atoms with Gasteiger partial charge in [0.25, 0.3) is 0 Å². The van der Waals surface area contributed by atoms with Crippen LogP contribution in [0.2, 0.25) is 0 Å². The molecule has 12 heteroatoms. The van der Waals surface area contributed by atoms with E-state index in [2.05, 4.69) is 36.0 Å². The van der Waals surface area contributed by atoms with Crippen LogP contribution in [0.1, 0.15) is 5.56 Å². The molecule has 0 unspecified atom stereocenters. The highest BCUT2D eigenvalue weighted by molar-refractivity contribution is 6.02. The lowest BCUT2D eigenvalue weighted by molar-refractivity contribution is 0.482. The van der Waals surface area contributed by atoms with Crippen molar-refractivity contribution in [2.24, 2.45) is 0 Å². The molecule has 0 aliphatic carbocycles. The lowest BCUT2D eigenvalue weighted by atomic mass is 10.1. The van der Waals surface area contributed by atoms with Gasteiger partial charge < -0.3 is 25.9 Å². The molecule has 9 rings (SSSR count). The van der Waals surface area contributed by atoms with E-state index in [0.717, 1.165) is 56.3 Å². The molecule has 0 fully saturated rings. The number of aromatic amines is 1. The van der Waals surface area contributed by atoms with Crippen molar-refractivity contribution >= 4 is 33.7 Å². The quantitative estimate of drug-likeness (QED) is 0.145. The van der Waals surface area contributed by atoms with E-state index >= 15 is 0 Å². The molecule has 0 saturated heterocycles. The number of para-hydroxylation sites is 2. The van der Waals surface area contributed by atoms with Crippen molar-refractivity contribution in [2.75, 3.05) is 11.5 Å². The highest BCUT2D eigenvalue weighted by Crippen LogP contribution is 2.36. The number of hydrogen-bond acceptors (Lipinski definition) is 10. The Morgan fingerprint density at radius 3 is 1.74 bits per heavy atom. The van der Waals surface area contributed by atoms with Crippen molar-refractivity contribution in [1.82, 2.24) is 34.5 Å². The van der Waals surface area contributed by atoms with E-state index in [1.54, 1.807) is 22.9 Å². The van der Waals surface area contributed by atoms with Crippen LogP contribution in [0.4, 0.5) is 11.6 Å². The molecule has 0 amide bonds. The number of ether oxygens (including phenoxy) is 2. The Kier molecular flexibility index (Phi) is 9.00. The summed E-state index contributed by atoms with van der Waals surface area (Å²) in [7, 11) is 0. The first-order valence-electron chi connectivity index (χ1n) is 16.8. The van der Waals surface area contributed by atoms with E-state index in [9.17, 15) is 5.26 Å². The van der Waals surface area contributed by atoms with Crippen LogP contribution >= 0.6 is 0 Å². The highest BCUT2D eigenvalue weighted by Gasteiger charge is 2.18. The number of hydrogen-bond donors (Lipinski definition) is 3. The molecule has 5 aromatic heterocycles. The summed E-state index contributed by atoms with van der Waals surface area (Å²) in [5.74, 6) is 4.40. The van der Waals surface area contributed by atoms with Crippen LogP contribution in [0.15, 0.2) is 153 Å². The molecule has 260 valence electrons. The average Bonchev–Trinajstić information content (AvgIpc) is 3.84. The average molecular weight is 707 g/mol. The van der Waals surface area contributed by atoms with Crippen LogP contribution in [0.5, 0.6) is 23.0 Å². The Morgan fingerprint density at radius 2 is 1.13 bits per heavy atom.